The van der Waals surface area contributed by atoms with E-state index in [1.807, 2.05) is 28.0 Å². The van der Waals surface area contributed by atoms with Crippen LogP contribution in [0.5, 0.6) is 5.75 Å². The number of rotatable bonds is 6. The average Bonchev–Trinajstić information content (AvgIpc) is 2.93. The Morgan fingerprint density at radius 2 is 1.69 bits per heavy atom. The van der Waals surface area contributed by atoms with Crippen molar-refractivity contribution in [2.24, 2.45) is 5.92 Å². The molecular weight excluding hydrogens is 461 g/mol. The Hall–Kier alpha value is -3.13. The van der Waals surface area contributed by atoms with Crippen LogP contribution in [-0.2, 0) is 9.53 Å². The quantitative estimate of drug-likeness (QED) is 0.665. The third kappa shape index (κ3) is 5.48. The molecule has 3 aliphatic heterocycles. The van der Waals surface area contributed by atoms with Gasteiger partial charge in [0.2, 0.25) is 5.91 Å². The smallest absolute Gasteiger partial charge is 0.320 e. The number of benzene rings is 2. The molecule has 36 heavy (non-hydrogen) atoms. The lowest BCUT2D eigenvalue weighted by molar-refractivity contribution is -0.139. The summed E-state index contributed by atoms with van der Waals surface area (Å²) in [6.07, 6.45) is 2.56. The predicted octanol–water partition coefficient (Wildman–Crippen LogP) is 3.59. The molecule has 7 nitrogen and oxygen atoms in total. The first-order valence-corrected chi connectivity index (χ1v) is 12.9. The van der Waals surface area contributed by atoms with Crippen LogP contribution < -0.4 is 10.1 Å². The second-order valence-electron chi connectivity index (χ2n) is 9.86. The van der Waals surface area contributed by atoms with Gasteiger partial charge in [-0.25, -0.2) is 9.18 Å². The largest absolute Gasteiger partial charge is 0.491 e. The summed E-state index contributed by atoms with van der Waals surface area (Å²) in [6.45, 7) is 2.23. The summed E-state index contributed by atoms with van der Waals surface area (Å²) >= 11 is 0. The Labute approximate surface area is 211 Å². The van der Waals surface area contributed by atoms with Crippen LogP contribution >= 0.6 is 0 Å². The number of morpholine rings is 1. The van der Waals surface area contributed by atoms with E-state index in [4.69, 9.17) is 9.47 Å². The molecule has 3 aliphatic rings. The van der Waals surface area contributed by atoms with Crippen molar-refractivity contribution >= 4 is 11.9 Å². The van der Waals surface area contributed by atoms with E-state index in [9.17, 15) is 14.0 Å². The maximum absolute atomic E-state index is 13.3. The van der Waals surface area contributed by atoms with Gasteiger partial charge in [-0.1, -0.05) is 42.5 Å². The fourth-order valence-corrected chi connectivity index (χ4v) is 5.82. The van der Waals surface area contributed by atoms with Gasteiger partial charge in [-0.3, -0.25) is 4.79 Å². The highest BCUT2D eigenvalue weighted by Gasteiger charge is 2.38. The summed E-state index contributed by atoms with van der Waals surface area (Å²) in [7, 11) is 0. The second-order valence-corrected chi connectivity index (χ2v) is 9.86. The van der Waals surface area contributed by atoms with Gasteiger partial charge in [0, 0.05) is 32.1 Å². The topological polar surface area (TPSA) is 71.1 Å². The van der Waals surface area contributed by atoms with E-state index in [1.165, 1.54) is 11.1 Å². The van der Waals surface area contributed by atoms with Crippen molar-refractivity contribution in [1.82, 2.24) is 15.1 Å². The normalized spacial score (nSPS) is 23.5. The minimum Gasteiger partial charge on any atom is -0.491 e. The van der Waals surface area contributed by atoms with Crippen LogP contribution in [0.2, 0.25) is 0 Å². The third-order valence-electron chi connectivity index (χ3n) is 7.62. The maximum Gasteiger partial charge on any atom is 0.320 e. The first-order chi connectivity index (χ1) is 17.6. The molecule has 0 saturated carbocycles. The first-order valence-electron chi connectivity index (χ1n) is 12.9. The first kappa shape index (κ1) is 24.6. The van der Waals surface area contributed by atoms with Crippen molar-refractivity contribution in [3.63, 3.8) is 0 Å². The molecule has 3 fully saturated rings. The van der Waals surface area contributed by atoms with Crippen LogP contribution in [0, 0.1) is 5.92 Å². The maximum atomic E-state index is 13.3. The van der Waals surface area contributed by atoms with Gasteiger partial charge >= 0.3 is 6.03 Å². The zero-order valence-electron chi connectivity index (χ0n) is 20.5. The number of nitrogens with zero attached hydrogens (tertiary/aromatic N) is 2. The van der Waals surface area contributed by atoms with E-state index in [0.717, 1.165) is 19.3 Å². The lowest BCUT2D eigenvalue weighted by Gasteiger charge is -2.44. The number of halogens is 1. The monoisotopic (exact) mass is 495 g/mol. The summed E-state index contributed by atoms with van der Waals surface area (Å²) in [5, 5.41) is 2.98. The van der Waals surface area contributed by atoms with Gasteiger partial charge in [-0.15, -0.1) is 0 Å². The highest BCUT2D eigenvalue weighted by molar-refractivity contribution is 5.79. The van der Waals surface area contributed by atoms with Crippen molar-refractivity contribution in [1.29, 1.82) is 0 Å². The number of fused-ring (bicyclic) bond motifs is 1. The molecule has 5 rings (SSSR count). The number of carbonyl (C=O) groups is 2. The van der Waals surface area contributed by atoms with Gasteiger partial charge in [0.25, 0.3) is 0 Å². The molecule has 0 radical (unpaired) electrons. The van der Waals surface area contributed by atoms with E-state index in [0.29, 0.717) is 37.8 Å². The zero-order chi connectivity index (χ0) is 24.9. The molecule has 8 heteroatoms. The Morgan fingerprint density at radius 3 is 2.42 bits per heavy atom. The van der Waals surface area contributed by atoms with Gasteiger partial charge in [-0.05, 0) is 48.4 Å². The molecule has 0 bridgehead atoms. The molecule has 192 valence electrons. The van der Waals surface area contributed by atoms with E-state index in [-0.39, 0.29) is 43.2 Å². The Bertz CT molecular complexity index is 1030. The van der Waals surface area contributed by atoms with Crippen LogP contribution in [0.4, 0.5) is 9.18 Å². The van der Waals surface area contributed by atoms with Gasteiger partial charge < -0.3 is 24.6 Å². The molecular formula is C28H34FN3O4. The number of likely N-dealkylation sites (tertiary alicyclic amines) is 2. The zero-order valence-corrected chi connectivity index (χ0v) is 20.5. The third-order valence-corrected chi connectivity index (χ3v) is 7.62. The second kappa shape index (κ2) is 11.3. The molecule has 0 aliphatic carbocycles. The van der Waals surface area contributed by atoms with Crippen molar-refractivity contribution in [3.8, 4) is 5.75 Å². The number of urea groups is 1. The summed E-state index contributed by atoms with van der Waals surface area (Å²) in [5.74, 6) is 1.17. The number of hydrogen-bond acceptors (Lipinski definition) is 4. The van der Waals surface area contributed by atoms with Crippen molar-refractivity contribution < 1.29 is 23.5 Å². The van der Waals surface area contributed by atoms with E-state index in [2.05, 4.69) is 41.7 Å². The van der Waals surface area contributed by atoms with Crippen molar-refractivity contribution in [3.05, 3.63) is 65.7 Å². The van der Waals surface area contributed by atoms with Crippen molar-refractivity contribution in [2.45, 2.75) is 37.3 Å². The number of alkyl halides is 1. The van der Waals surface area contributed by atoms with Crippen LogP contribution in [-0.4, -0.2) is 80.0 Å². The number of nitrogens with one attached hydrogen (secondary N) is 1. The highest BCUT2D eigenvalue weighted by Crippen LogP contribution is 2.38. The molecule has 2 aromatic rings. The van der Waals surface area contributed by atoms with E-state index >= 15 is 0 Å². The number of hydrogen-bond donors (Lipinski definition) is 1. The molecule has 1 N–H and O–H groups in total. The standard InChI is InChI=1S/C28H34FN3O4/c29-13-17-35-23-8-6-21(7-9-23)27(20-4-2-1-3-5-20)22-10-14-31(15-11-22)28(34)32-16-12-25-24(18-32)30-26(33)19-36-25/h1-9,22,24-25,27H,10-19H2,(H,30,33)/t24-,25?,27-/m1/s1. The molecule has 0 spiro atoms. The summed E-state index contributed by atoms with van der Waals surface area (Å²) in [6, 6.07) is 18.4. The van der Waals surface area contributed by atoms with Gasteiger partial charge in [0.1, 0.15) is 25.6 Å². The van der Waals surface area contributed by atoms with Crippen LogP contribution in [0.15, 0.2) is 54.6 Å². The predicted molar refractivity (Wildman–Crippen MR) is 134 cm³/mol. The number of ether oxygens (including phenoxy) is 2. The van der Waals surface area contributed by atoms with E-state index in [1.54, 1.807) is 0 Å². The minimum absolute atomic E-state index is 0.00196. The summed E-state index contributed by atoms with van der Waals surface area (Å²) < 4.78 is 23.5. The molecule has 1 unspecified atom stereocenters. The molecule has 3 amide bonds. The SMILES string of the molecule is O=C1COC2CCN(C(=O)N3CCC([C@H](c4ccccc4)c4ccc(OCCF)cc4)CC3)C[C@H]2N1. The fourth-order valence-electron chi connectivity index (χ4n) is 5.82. The Balaban J connectivity index is 1.24. The van der Waals surface area contributed by atoms with Crippen LogP contribution in [0.1, 0.15) is 36.3 Å². The number of piperidine rings is 2. The minimum atomic E-state index is -0.507. The Kier molecular flexibility index (Phi) is 7.70. The fraction of sp³-hybridized carbons (Fsp3) is 0.500. The Morgan fingerprint density at radius 1 is 1.00 bits per heavy atom. The molecule has 0 aromatic heterocycles. The van der Waals surface area contributed by atoms with Crippen LogP contribution in [0.3, 0.4) is 0 Å². The van der Waals surface area contributed by atoms with Crippen molar-refractivity contribution in [2.75, 3.05) is 46.1 Å². The average molecular weight is 496 g/mol. The number of carbonyl (C=O) groups excluding carboxylic acids is 2. The van der Waals surface area contributed by atoms with Gasteiger partial charge in [0.05, 0.1) is 12.1 Å². The lowest BCUT2D eigenvalue weighted by Crippen LogP contribution is -2.62. The van der Waals surface area contributed by atoms with Gasteiger partial charge in [-0.2, -0.15) is 0 Å². The van der Waals surface area contributed by atoms with Crippen LogP contribution in [0.25, 0.3) is 0 Å². The molecule has 3 heterocycles. The molecule has 3 saturated heterocycles. The lowest BCUT2D eigenvalue weighted by atomic mass is 9.76. The summed E-state index contributed by atoms with van der Waals surface area (Å²) in [4.78, 5) is 28.8. The highest BCUT2D eigenvalue weighted by atomic mass is 19.1. The molecule has 3 atom stereocenters. The van der Waals surface area contributed by atoms with E-state index < -0.39 is 6.67 Å². The molecule has 2 aromatic carbocycles. The summed E-state index contributed by atoms with van der Waals surface area (Å²) in [5.41, 5.74) is 2.46. The van der Waals surface area contributed by atoms with Gasteiger partial charge in [0.15, 0.2) is 0 Å². The number of amides is 3.